The quantitative estimate of drug-likeness (QED) is 0.167. The topological polar surface area (TPSA) is 51.8 Å². The minimum Gasteiger partial charge on any atom is -0.498 e. The molecule has 0 unspecified atom stereocenters. The average molecular weight is 782 g/mol. The molecule has 46 heavy (non-hydrogen) atoms. The van der Waals surface area contributed by atoms with Gasteiger partial charge in [0.1, 0.15) is 11.1 Å². The summed E-state index contributed by atoms with van der Waals surface area (Å²) in [6.45, 7) is 13.5. The van der Waals surface area contributed by atoms with E-state index in [1.807, 2.05) is 54.7 Å². The third-order valence-corrected chi connectivity index (χ3v) is 7.49. The van der Waals surface area contributed by atoms with Crippen LogP contribution in [0.1, 0.15) is 52.8 Å². The molecule has 0 atom stereocenters. The van der Waals surface area contributed by atoms with Crippen LogP contribution in [0.15, 0.2) is 108 Å². The smallest absolute Gasteiger partial charge is 0.147 e. The fraction of sp³-hybridized carbons (Fsp3) is 0.244. The molecule has 0 aliphatic heterocycles. The molecule has 7 rings (SSSR count). The van der Waals surface area contributed by atoms with Gasteiger partial charge in [0.05, 0.1) is 5.58 Å². The maximum Gasteiger partial charge on any atom is 0.147 e. The van der Waals surface area contributed by atoms with Gasteiger partial charge < -0.3 is 14.4 Å². The number of nitrogens with zero attached hydrogens (tertiary/aromatic N) is 3. The van der Waals surface area contributed by atoms with Crippen molar-refractivity contribution in [1.29, 1.82) is 0 Å². The van der Waals surface area contributed by atoms with E-state index in [1.165, 1.54) is 5.56 Å². The summed E-state index contributed by atoms with van der Waals surface area (Å²) < 4.78 is 6.54. The van der Waals surface area contributed by atoms with E-state index in [2.05, 4.69) is 106 Å². The summed E-state index contributed by atoms with van der Waals surface area (Å²) in [5.74, 6) is 0. The summed E-state index contributed by atoms with van der Waals surface area (Å²) >= 11 is 0. The predicted octanol–water partition coefficient (Wildman–Crippen LogP) is 10.7. The van der Waals surface area contributed by atoms with Crippen LogP contribution in [0.3, 0.4) is 0 Å². The van der Waals surface area contributed by atoms with Crippen molar-refractivity contribution in [2.75, 3.05) is 0 Å². The second-order valence-electron chi connectivity index (χ2n) is 14.0. The Hall–Kier alpha value is -4.18. The Morgan fingerprint density at radius 2 is 1.39 bits per heavy atom. The minimum atomic E-state index is 0. The van der Waals surface area contributed by atoms with Crippen LogP contribution in [-0.4, -0.2) is 15.0 Å². The van der Waals surface area contributed by atoms with Gasteiger partial charge >= 0.3 is 0 Å². The van der Waals surface area contributed by atoms with Gasteiger partial charge in [-0.1, -0.05) is 94.5 Å². The Bertz CT molecular complexity index is 2030. The largest absolute Gasteiger partial charge is 0.498 e. The summed E-state index contributed by atoms with van der Waals surface area (Å²) in [5, 5.41) is 3.25. The van der Waals surface area contributed by atoms with Crippen LogP contribution in [0.2, 0.25) is 0 Å². The first kappa shape index (κ1) is 33.2. The third-order valence-electron chi connectivity index (χ3n) is 7.49. The van der Waals surface area contributed by atoms with E-state index in [4.69, 9.17) is 9.40 Å². The number of aromatic nitrogens is 3. The van der Waals surface area contributed by atoms with Crippen LogP contribution in [0.4, 0.5) is 0 Å². The standard InChI is InChI=1S/C30H31N2O.C11H8N.Ir/c1-29(2,3)17-19-14-15-31-25(16-19)24-9-7-8-22-23-13-11-20-10-12-21(18-30(4,5)6)32-26(20)28(23)33-27(22)24;1-2-6-10(7-3-1)11-8-4-5-9-12-11;/h7-8,10-16H,17-18H2,1-6H3;1-6,8-9H;/q2*-1;. The van der Waals surface area contributed by atoms with Gasteiger partial charge in [-0.05, 0) is 53.3 Å². The van der Waals surface area contributed by atoms with E-state index in [9.17, 15) is 0 Å². The molecule has 3 aromatic carbocycles. The number of hydrogen-bond acceptors (Lipinski definition) is 4. The Balaban J connectivity index is 0.000000269. The fourth-order valence-electron chi connectivity index (χ4n) is 5.66. The van der Waals surface area contributed by atoms with Crippen molar-refractivity contribution in [3.63, 3.8) is 0 Å². The number of hydrogen-bond donors (Lipinski definition) is 0. The van der Waals surface area contributed by atoms with Gasteiger partial charge in [0.2, 0.25) is 0 Å². The number of rotatable bonds is 4. The Labute approximate surface area is 285 Å². The molecule has 0 bridgehead atoms. The van der Waals surface area contributed by atoms with E-state index in [0.29, 0.717) is 0 Å². The maximum atomic E-state index is 6.54. The van der Waals surface area contributed by atoms with Gasteiger partial charge in [0.25, 0.3) is 0 Å². The van der Waals surface area contributed by atoms with Gasteiger partial charge in [0, 0.05) is 49.0 Å². The molecule has 0 N–H and O–H groups in total. The van der Waals surface area contributed by atoms with Gasteiger partial charge in [-0.2, -0.15) is 0 Å². The molecule has 0 fully saturated rings. The van der Waals surface area contributed by atoms with Crippen molar-refractivity contribution in [1.82, 2.24) is 15.0 Å². The molecule has 5 heteroatoms. The van der Waals surface area contributed by atoms with Gasteiger partial charge in [0.15, 0.2) is 0 Å². The van der Waals surface area contributed by atoms with E-state index in [1.54, 1.807) is 6.20 Å². The van der Waals surface area contributed by atoms with Crippen molar-refractivity contribution in [3.05, 3.63) is 127 Å². The van der Waals surface area contributed by atoms with Gasteiger partial charge in [-0.25, -0.2) is 4.98 Å². The van der Waals surface area contributed by atoms with Crippen molar-refractivity contribution in [2.45, 2.75) is 54.4 Å². The zero-order valence-corrected chi connectivity index (χ0v) is 29.7. The van der Waals surface area contributed by atoms with Crippen LogP contribution in [0, 0.1) is 23.0 Å². The molecule has 0 spiro atoms. The Morgan fingerprint density at radius 3 is 2.11 bits per heavy atom. The third kappa shape index (κ3) is 7.78. The molecule has 0 aliphatic carbocycles. The first-order valence-electron chi connectivity index (χ1n) is 15.5. The van der Waals surface area contributed by atoms with E-state index in [-0.39, 0.29) is 30.9 Å². The molecular formula is C41H39IrN3O-2. The minimum absolute atomic E-state index is 0. The first-order chi connectivity index (χ1) is 21.5. The molecule has 7 aromatic rings. The Kier molecular flexibility index (Phi) is 9.86. The van der Waals surface area contributed by atoms with Gasteiger partial charge in [-0.3, -0.25) is 0 Å². The van der Waals surface area contributed by atoms with E-state index in [0.717, 1.165) is 73.9 Å². The van der Waals surface area contributed by atoms with Crippen LogP contribution >= 0.6 is 0 Å². The van der Waals surface area contributed by atoms with Crippen LogP contribution in [0.25, 0.3) is 55.4 Å². The van der Waals surface area contributed by atoms with Crippen LogP contribution < -0.4 is 0 Å². The Morgan fingerprint density at radius 1 is 0.652 bits per heavy atom. The number of benzene rings is 3. The average Bonchev–Trinajstić information content (AvgIpc) is 3.40. The predicted molar refractivity (Wildman–Crippen MR) is 186 cm³/mol. The summed E-state index contributed by atoms with van der Waals surface area (Å²) in [6, 6.07) is 37.1. The normalized spacial score (nSPS) is 11.7. The zero-order chi connectivity index (χ0) is 31.6. The molecule has 4 nitrogen and oxygen atoms in total. The van der Waals surface area contributed by atoms with E-state index >= 15 is 0 Å². The SMILES string of the molecule is CC(C)(C)Cc1ccnc(-c2[c-]ccc3c2oc2c3ccc3ccc(CC(C)(C)C)nc32)c1.[Ir].[c-]1ccccc1-c1ccccn1. The van der Waals surface area contributed by atoms with Crippen molar-refractivity contribution >= 4 is 32.8 Å². The molecule has 235 valence electrons. The molecule has 4 aromatic heterocycles. The molecule has 0 aliphatic rings. The monoisotopic (exact) mass is 782 g/mol. The maximum absolute atomic E-state index is 6.54. The van der Waals surface area contributed by atoms with Gasteiger partial charge in [-0.15, -0.1) is 54.1 Å². The van der Waals surface area contributed by atoms with Crippen LogP contribution in [-0.2, 0) is 32.9 Å². The molecule has 0 saturated heterocycles. The number of fused-ring (bicyclic) bond motifs is 5. The van der Waals surface area contributed by atoms with Crippen molar-refractivity contribution in [2.24, 2.45) is 10.8 Å². The summed E-state index contributed by atoms with van der Waals surface area (Å²) in [5.41, 5.74) is 9.14. The van der Waals surface area contributed by atoms with E-state index < -0.39 is 0 Å². The van der Waals surface area contributed by atoms with Crippen molar-refractivity contribution in [3.8, 4) is 22.5 Å². The second-order valence-corrected chi connectivity index (χ2v) is 14.0. The first-order valence-corrected chi connectivity index (χ1v) is 15.5. The van der Waals surface area contributed by atoms with Crippen molar-refractivity contribution < 1.29 is 24.5 Å². The molecule has 1 radical (unpaired) electrons. The summed E-state index contributed by atoms with van der Waals surface area (Å²) in [4.78, 5) is 13.9. The summed E-state index contributed by atoms with van der Waals surface area (Å²) in [6.07, 6.45) is 5.59. The fourth-order valence-corrected chi connectivity index (χ4v) is 5.66. The number of furan rings is 1. The summed E-state index contributed by atoms with van der Waals surface area (Å²) in [7, 11) is 0. The second kappa shape index (κ2) is 13.7. The molecule has 0 saturated carbocycles. The molecule has 4 heterocycles. The van der Waals surface area contributed by atoms with Crippen LogP contribution in [0.5, 0.6) is 0 Å². The number of pyridine rings is 3. The molecular weight excluding hydrogens is 743 g/mol. The molecule has 0 amide bonds. The zero-order valence-electron chi connectivity index (χ0n) is 27.3.